The van der Waals surface area contributed by atoms with E-state index in [0.29, 0.717) is 0 Å². The molecule has 0 amide bonds. The number of rotatable bonds is 4. The van der Waals surface area contributed by atoms with Crippen molar-refractivity contribution in [2.75, 3.05) is 7.11 Å². The van der Waals surface area contributed by atoms with Crippen LogP contribution >= 0.6 is 0 Å². The molecule has 1 N–H and O–H groups in total. The van der Waals surface area contributed by atoms with Crippen LogP contribution < -0.4 is 4.74 Å². The third-order valence-corrected chi connectivity index (χ3v) is 1.98. The molecule has 0 aliphatic rings. The van der Waals surface area contributed by atoms with Crippen molar-refractivity contribution in [3.63, 3.8) is 0 Å². The first-order valence-electron chi connectivity index (χ1n) is 4.26. The summed E-state index contributed by atoms with van der Waals surface area (Å²) in [5.74, 6) is -0.165. The van der Waals surface area contributed by atoms with E-state index >= 15 is 0 Å². The molecule has 1 aromatic rings. The highest BCUT2D eigenvalue weighted by molar-refractivity contribution is 5.48. The molecule has 1 rings (SSSR count). The van der Waals surface area contributed by atoms with E-state index in [9.17, 15) is 18.9 Å². The van der Waals surface area contributed by atoms with Gasteiger partial charge >= 0.3 is 5.69 Å². The summed E-state index contributed by atoms with van der Waals surface area (Å²) in [6, 6.07) is 3.10. The van der Waals surface area contributed by atoms with Crippen LogP contribution in [0, 0.1) is 10.1 Å². The summed E-state index contributed by atoms with van der Waals surface area (Å²) in [5, 5.41) is 19.6. The fourth-order valence-corrected chi connectivity index (χ4v) is 1.17. The molecule has 0 fully saturated rings. The molecule has 0 spiro atoms. The Bertz CT molecular complexity index is 397. The highest BCUT2D eigenvalue weighted by atomic mass is 19.3. The number of methoxy groups -OCH3 is 1. The fourth-order valence-electron chi connectivity index (χ4n) is 1.17. The number of hydrogen-bond donors (Lipinski definition) is 1. The lowest BCUT2D eigenvalue weighted by Gasteiger charge is -2.10. The van der Waals surface area contributed by atoms with Crippen molar-refractivity contribution in [3.05, 3.63) is 33.9 Å². The number of aliphatic hydroxyl groups is 1. The molecule has 0 saturated heterocycles. The molecule has 7 heteroatoms. The first-order chi connectivity index (χ1) is 7.47. The molecule has 0 aliphatic carbocycles. The van der Waals surface area contributed by atoms with Crippen LogP contribution in [0.25, 0.3) is 0 Å². The molecule has 88 valence electrons. The molecule has 0 aliphatic heterocycles. The van der Waals surface area contributed by atoms with E-state index < -0.39 is 17.5 Å². The third-order valence-electron chi connectivity index (χ3n) is 1.98. The minimum absolute atomic E-state index is 0.127. The van der Waals surface area contributed by atoms with E-state index in [1.807, 2.05) is 0 Å². The maximum absolute atomic E-state index is 12.2. The summed E-state index contributed by atoms with van der Waals surface area (Å²) in [5.41, 5.74) is -0.467. The summed E-state index contributed by atoms with van der Waals surface area (Å²) in [4.78, 5) is 9.81. The number of alkyl halides is 2. The van der Waals surface area contributed by atoms with Gasteiger partial charge in [0.05, 0.1) is 12.0 Å². The normalized spacial score (nSPS) is 12.6. The third kappa shape index (κ3) is 2.43. The van der Waals surface area contributed by atoms with Crippen LogP contribution in [0.15, 0.2) is 18.2 Å². The minimum Gasteiger partial charge on any atom is -0.490 e. The van der Waals surface area contributed by atoms with Crippen molar-refractivity contribution in [3.8, 4) is 5.75 Å². The molecule has 16 heavy (non-hydrogen) atoms. The van der Waals surface area contributed by atoms with E-state index in [1.165, 1.54) is 7.11 Å². The monoisotopic (exact) mass is 233 g/mol. The standard InChI is InChI=1S/C9H9F2NO4/c1-16-7-4-5(8(13)9(10)11)2-3-6(7)12(14)15/h2-4,8-9,13H,1H3. The largest absolute Gasteiger partial charge is 0.490 e. The van der Waals surface area contributed by atoms with Gasteiger partial charge in [0.25, 0.3) is 6.43 Å². The maximum Gasteiger partial charge on any atom is 0.310 e. The van der Waals surface area contributed by atoms with Gasteiger partial charge in [-0.25, -0.2) is 8.78 Å². The Hall–Kier alpha value is -1.76. The lowest BCUT2D eigenvalue weighted by atomic mass is 10.1. The van der Waals surface area contributed by atoms with Gasteiger partial charge in [0, 0.05) is 6.07 Å². The predicted molar refractivity (Wildman–Crippen MR) is 50.6 cm³/mol. The van der Waals surface area contributed by atoms with Crippen LogP contribution in [-0.4, -0.2) is 23.6 Å². The summed E-state index contributed by atoms with van der Waals surface area (Å²) in [6.07, 6.45) is -4.93. The first kappa shape index (κ1) is 12.3. The molecule has 0 bridgehead atoms. The summed E-state index contributed by atoms with van der Waals surface area (Å²) >= 11 is 0. The second-order valence-corrected chi connectivity index (χ2v) is 2.97. The van der Waals surface area contributed by atoms with Gasteiger partial charge in [-0.15, -0.1) is 0 Å². The number of halogens is 2. The number of aliphatic hydroxyl groups excluding tert-OH is 1. The van der Waals surface area contributed by atoms with Crippen molar-refractivity contribution in [1.29, 1.82) is 0 Å². The Kier molecular flexibility index (Phi) is 3.73. The average molecular weight is 233 g/mol. The molecule has 1 atom stereocenters. The molecule has 0 saturated carbocycles. The second kappa shape index (κ2) is 4.84. The van der Waals surface area contributed by atoms with Crippen molar-refractivity contribution < 1.29 is 23.5 Å². The average Bonchev–Trinajstić information content (AvgIpc) is 2.26. The molecule has 1 unspecified atom stereocenters. The topological polar surface area (TPSA) is 72.6 Å². The second-order valence-electron chi connectivity index (χ2n) is 2.97. The summed E-state index contributed by atoms with van der Waals surface area (Å²) < 4.78 is 29.0. The Morgan fingerprint density at radius 3 is 2.56 bits per heavy atom. The lowest BCUT2D eigenvalue weighted by Crippen LogP contribution is -2.08. The van der Waals surface area contributed by atoms with E-state index in [4.69, 9.17) is 5.11 Å². The van der Waals surface area contributed by atoms with E-state index in [1.54, 1.807) is 0 Å². The number of nitrogens with zero attached hydrogens (tertiary/aromatic N) is 1. The fraction of sp³-hybridized carbons (Fsp3) is 0.333. The highest BCUT2D eigenvalue weighted by Crippen LogP contribution is 2.31. The van der Waals surface area contributed by atoms with Crippen molar-refractivity contribution in [2.45, 2.75) is 12.5 Å². The van der Waals surface area contributed by atoms with Gasteiger partial charge in [0.1, 0.15) is 6.10 Å². The molecular weight excluding hydrogens is 224 g/mol. The number of ether oxygens (including phenoxy) is 1. The van der Waals surface area contributed by atoms with Gasteiger partial charge < -0.3 is 9.84 Å². The minimum atomic E-state index is -2.95. The van der Waals surface area contributed by atoms with Crippen LogP contribution in [0.2, 0.25) is 0 Å². The van der Waals surface area contributed by atoms with Crippen molar-refractivity contribution >= 4 is 5.69 Å². The zero-order chi connectivity index (χ0) is 12.3. The number of benzene rings is 1. The zero-order valence-corrected chi connectivity index (χ0v) is 8.26. The van der Waals surface area contributed by atoms with Crippen molar-refractivity contribution in [2.24, 2.45) is 0 Å². The van der Waals surface area contributed by atoms with Gasteiger partial charge in [-0.1, -0.05) is 0 Å². The molecule has 0 heterocycles. The Balaban J connectivity index is 3.13. The van der Waals surface area contributed by atoms with Crippen LogP contribution in [0.3, 0.4) is 0 Å². The van der Waals surface area contributed by atoms with Crippen LogP contribution in [0.4, 0.5) is 14.5 Å². The van der Waals surface area contributed by atoms with Gasteiger partial charge in [-0.05, 0) is 17.7 Å². The number of nitro benzene ring substituents is 1. The highest BCUT2D eigenvalue weighted by Gasteiger charge is 2.23. The quantitative estimate of drug-likeness (QED) is 0.636. The molecule has 1 aromatic carbocycles. The number of nitro groups is 1. The smallest absolute Gasteiger partial charge is 0.310 e. The molecule has 5 nitrogen and oxygen atoms in total. The molecular formula is C9H9F2NO4. The Morgan fingerprint density at radius 1 is 1.50 bits per heavy atom. The Labute approximate surface area is 89.4 Å². The SMILES string of the molecule is COc1cc(C(O)C(F)F)ccc1[N+](=O)[O-]. The lowest BCUT2D eigenvalue weighted by molar-refractivity contribution is -0.385. The van der Waals surface area contributed by atoms with Gasteiger partial charge in [0.2, 0.25) is 0 Å². The van der Waals surface area contributed by atoms with Crippen LogP contribution in [-0.2, 0) is 0 Å². The zero-order valence-electron chi connectivity index (χ0n) is 8.26. The predicted octanol–water partition coefficient (Wildman–Crippen LogP) is 1.90. The van der Waals surface area contributed by atoms with Gasteiger partial charge in [0.15, 0.2) is 5.75 Å². The van der Waals surface area contributed by atoms with E-state index in [2.05, 4.69) is 4.74 Å². The number of hydrogen-bond acceptors (Lipinski definition) is 4. The van der Waals surface area contributed by atoms with Gasteiger partial charge in [-0.2, -0.15) is 0 Å². The van der Waals surface area contributed by atoms with Crippen LogP contribution in [0.5, 0.6) is 5.75 Å². The molecule has 0 radical (unpaired) electrons. The Morgan fingerprint density at radius 2 is 2.12 bits per heavy atom. The molecule has 0 aromatic heterocycles. The summed E-state index contributed by atoms with van der Waals surface area (Å²) in [6.45, 7) is 0. The van der Waals surface area contributed by atoms with E-state index in [0.717, 1.165) is 18.2 Å². The maximum atomic E-state index is 12.2. The van der Waals surface area contributed by atoms with Crippen LogP contribution in [0.1, 0.15) is 11.7 Å². The summed E-state index contributed by atoms with van der Waals surface area (Å²) in [7, 11) is 1.18. The van der Waals surface area contributed by atoms with Gasteiger partial charge in [-0.3, -0.25) is 10.1 Å². The first-order valence-corrected chi connectivity index (χ1v) is 4.26. The van der Waals surface area contributed by atoms with Crippen molar-refractivity contribution in [1.82, 2.24) is 0 Å². The van der Waals surface area contributed by atoms with E-state index in [-0.39, 0.29) is 17.0 Å².